The molecule has 0 atom stereocenters. The second-order valence-corrected chi connectivity index (χ2v) is 6.58. The van der Waals surface area contributed by atoms with Gasteiger partial charge in [0, 0.05) is 13.0 Å². The van der Waals surface area contributed by atoms with Crippen molar-refractivity contribution in [1.82, 2.24) is 14.3 Å². The monoisotopic (exact) mass is 311 g/mol. The zero-order valence-corrected chi connectivity index (χ0v) is 12.6. The molecular weight excluding hydrogens is 294 g/mol. The Balaban J connectivity index is 2.52. The maximum absolute atomic E-state index is 11.6. The summed E-state index contributed by atoms with van der Waals surface area (Å²) in [4.78, 5) is 15.6. The first-order chi connectivity index (χ1) is 9.89. The third kappa shape index (κ3) is 3.06. The van der Waals surface area contributed by atoms with Gasteiger partial charge in [0.2, 0.25) is 10.0 Å². The molecule has 0 aliphatic rings. The van der Waals surface area contributed by atoms with Gasteiger partial charge in [0.1, 0.15) is 11.3 Å². The van der Waals surface area contributed by atoms with Crippen LogP contribution in [0, 0.1) is 0 Å². The van der Waals surface area contributed by atoms with Gasteiger partial charge >= 0.3 is 5.97 Å². The SMILES string of the molecule is CCc1nc2c(C(=O)O)cccc2n1CCS(=O)(=O)NC. The average molecular weight is 311 g/mol. The highest BCUT2D eigenvalue weighted by Crippen LogP contribution is 2.21. The van der Waals surface area contributed by atoms with Crippen molar-refractivity contribution in [3.8, 4) is 0 Å². The Labute approximate surface area is 122 Å². The number of hydrogen-bond acceptors (Lipinski definition) is 4. The van der Waals surface area contributed by atoms with E-state index in [4.69, 9.17) is 0 Å². The number of benzene rings is 1. The van der Waals surface area contributed by atoms with E-state index in [1.807, 2.05) is 6.92 Å². The Morgan fingerprint density at radius 1 is 1.43 bits per heavy atom. The molecule has 0 unspecified atom stereocenters. The Kier molecular flexibility index (Phi) is 4.29. The van der Waals surface area contributed by atoms with E-state index in [9.17, 15) is 18.3 Å². The van der Waals surface area contributed by atoms with Gasteiger partial charge in [0.05, 0.1) is 16.8 Å². The third-order valence-electron chi connectivity index (χ3n) is 3.30. The molecule has 1 aromatic heterocycles. The van der Waals surface area contributed by atoms with Crippen LogP contribution in [0.2, 0.25) is 0 Å². The Hall–Kier alpha value is -1.93. The highest BCUT2D eigenvalue weighted by atomic mass is 32.2. The van der Waals surface area contributed by atoms with Crippen molar-refractivity contribution in [2.45, 2.75) is 19.9 Å². The van der Waals surface area contributed by atoms with Crippen LogP contribution in [-0.4, -0.2) is 41.8 Å². The fourth-order valence-corrected chi connectivity index (χ4v) is 2.83. The second kappa shape index (κ2) is 5.82. The summed E-state index contributed by atoms with van der Waals surface area (Å²) in [7, 11) is -1.96. The van der Waals surface area contributed by atoms with Gasteiger partial charge in [-0.15, -0.1) is 0 Å². The number of rotatable bonds is 6. The van der Waals surface area contributed by atoms with E-state index >= 15 is 0 Å². The van der Waals surface area contributed by atoms with Gasteiger partial charge in [-0.3, -0.25) is 0 Å². The summed E-state index contributed by atoms with van der Waals surface area (Å²) in [6.45, 7) is 2.12. The minimum atomic E-state index is -3.33. The van der Waals surface area contributed by atoms with Crippen LogP contribution in [0.4, 0.5) is 0 Å². The smallest absolute Gasteiger partial charge is 0.337 e. The maximum atomic E-state index is 11.6. The minimum absolute atomic E-state index is 0.0841. The van der Waals surface area contributed by atoms with Crippen molar-refractivity contribution in [3.05, 3.63) is 29.6 Å². The van der Waals surface area contributed by atoms with Crippen molar-refractivity contribution in [1.29, 1.82) is 0 Å². The van der Waals surface area contributed by atoms with Crippen molar-refractivity contribution >= 4 is 27.0 Å². The fraction of sp³-hybridized carbons (Fsp3) is 0.385. The first kappa shape index (κ1) is 15.5. The molecule has 1 heterocycles. The van der Waals surface area contributed by atoms with Crippen LogP contribution in [0.1, 0.15) is 23.1 Å². The number of aryl methyl sites for hydroxylation is 2. The number of aromatic carboxylic acids is 1. The molecule has 2 aromatic rings. The molecule has 21 heavy (non-hydrogen) atoms. The number of nitrogens with zero attached hydrogens (tertiary/aromatic N) is 2. The standard InChI is InChI=1S/C13H17N3O4S/c1-3-11-15-12-9(13(17)18)5-4-6-10(12)16(11)7-8-21(19,20)14-2/h4-6,14H,3,7-8H2,1-2H3,(H,17,18). The highest BCUT2D eigenvalue weighted by Gasteiger charge is 2.17. The van der Waals surface area contributed by atoms with E-state index in [2.05, 4.69) is 9.71 Å². The van der Waals surface area contributed by atoms with Gasteiger partial charge in [-0.2, -0.15) is 0 Å². The predicted molar refractivity (Wildman–Crippen MR) is 78.9 cm³/mol. The molecule has 0 saturated heterocycles. The zero-order valence-electron chi connectivity index (χ0n) is 11.8. The molecule has 7 nitrogen and oxygen atoms in total. The summed E-state index contributed by atoms with van der Waals surface area (Å²) < 4.78 is 27.2. The van der Waals surface area contributed by atoms with Gasteiger partial charge in [-0.25, -0.2) is 22.9 Å². The maximum Gasteiger partial charge on any atom is 0.337 e. The number of hydrogen-bond donors (Lipinski definition) is 2. The van der Waals surface area contributed by atoms with Crippen LogP contribution >= 0.6 is 0 Å². The van der Waals surface area contributed by atoms with Crippen molar-refractivity contribution in [2.24, 2.45) is 0 Å². The quantitative estimate of drug-likeness (QED) is 0.823. The normalized spacial score (nSPS) is 11.9. The predicted octanol–water partition coefficient (Wildman–Crippen LogP) is 0.846. The Bertz CT molecular complexity index is 780. The van der Waals surface area contributed by atoms with Crippen molar-refractivity contribution in [3.63, 3.8) is 0 Å². The van der Waals surface area contributed by atoms with E-state index in [0.29, 0.717) is 23.3 Å². The number of fused-ring (bicyclic) bond motifs is 1. The first-order valence-corrected chi connectivity index (χ1v) is 8.17. The summed E-state index contributed by atoms with van der Waals surface area (Å²) in [5, 5.41) is 9.20. The van der Waals surface area contributed by atoms with Crippen molar-refractivity contribution in [2.75, 3.05) is 12.8 Å². The number of imidazole rings is 1. The summed E-state index contributed by atoms with van der Waals surface area (Å²) in [6, 6.07) is 4.88. The van der Waals surface area contributed by atoms with Crippen LogP contribution in [0.15, 0.2) is 18.2 Å². The Morgan fingerprint density at radius 3 is 2.71 bits per heavy atom. The molecule has 0 spiro atoms. The topological polar surface area (TPSA) is 101 Å². The fourth-order valence-electron chi connectivity index (χ4n) is 2.20. The molecule has 0 aliphatic heterocycles. The number of sulfonamides is 1. The lowest BCUT2D eigenvalue weighted by Gasteiger charge is -2.08. The lowest BCUT2D eigenvalue weighted by molar-refractivity contribution is 0.0699. The molecule has 2 rings (SSSR count). The molecule has 114 valence electrons. The summed E-state index contributed by atoms with van der Waals surface area (Å²) >= 11 is 0. The molecule has 0 bridgehead atoms. The van der Waals surface area contributed by atoms with Gasteiger partial charge in [0.25, 0.3) is 0 Å². The van der Waals surface area contributed by atoms with Crippen LogP contribution in [0.25, 0.3) is 11.0 Å². The molecular formula is C13H17N3O4S. The number of para-hydroxylation sites is 1. The van der Waals surface area contributed by atoms with E-state index in [0.717, 1.165) is 0 Å². The van der Waals surface area contributed by atoms with E-state index < -0.39 is 16.0 Å². The highest BCUT2D eigenvalue weighted by molar-refractivity contribution is 7.89. The number of aromatic nitrogens is 2. The molecule has 0 amide bonds. The lowest BCUT2D eigenvalue weighted by atomic mass is 10.2. The molecule has 0 fully saturated rings. The number of carbonyl (C=O) groups is 1. The second-order valence-electron chi connectivity index (χ2n) is 4.53. The van der Waals surface area contributed by atoms with Gasteiger partial charge < -0.3 is 9.67 Å². The van der Waals surface area contributed by atoms with Crippen LogP contribution in [0.3, 0.4) is 0 Å². The van der Waals surface area contributed by atoms with E-state index in [-0.39, 0.29) is 17.9 Å². The lowest BCUT2D eigenvalue weighted by Crippen LogP contribution is -2.25. The summed E-state index contributed by atoms with van der Waals surface area (Å²) in [6.07, 6.45) is 0.591. The average Bonchev–Trinajstić information content (AvgIpc) is 2.82. The minimum Gasteiger partial charge on any atom is -0.478 e. The number of nitrogens with one attached hydrogen (secondary N) is 1. The summed E-state index contributed by atoms with van der Waals surface area (Å²) in [5.74, 6) is -0.458. The molecule has 1 aromatic carbocycles. The van der Waals surface area contributed by atoms with Crippen LogP contribution in [0.5, 0.6) is 0 Å². The van der Waals surface area contributed by atoms with Gasteiger partial charge in [0.15, 0.2) is 0 Å². The molecule has 8 heteroatoms. The van der Waals surface area contributed by atoms with Gasteiger partial charge in [-0.1, -0.05) is 13.0 Å². The van der Waals surface area contributed by atoms with E-state index in [1.165, 1.54) is 13.1 Å². The number of carboxylic acid groups (broad SMARTS) is 1. The molecule has 0 aliphatic carbocycles. The zero-order chi connectivity index (χ0) is 15.6. The van der Waals surface area contributed by atoms with Crippen LogP contribution in [-0.2, 0) is 23.0 Å². The van der Waals surface area contributed by atoms with Crippen LogP contribution < -0.4 is 4.72 Å². The molecule has 0 radical (unpaired) electrons. The summed E-state index contributed by atoms with van der Waals surface area (Å²) in [5.41, 5.74) is 1.15. The van der Waals surface area contributed by atoms with E-state index in [1.54, 1.807) is 16.7 Å². The first-order valence-electron chi connectivity index (χ1n) is 6.52. The molecule has 2 N–H and O–H groups in total. The largest absolute Gasteiger partial charge is 0.478 e. The number of carboxylic acids is 1. The van der Waals surface area contributed by atoms with Crippen molar-refractivity contribution < 1.29 is 18.3 Å². The third-order valence-corrected chi connectivity index (χ3v) is 4.64. The Morgan fingerprint density at radius 2 is 2.14 bits per heavy atom. The van der Waals surface area contributed by atoms with Gasteiger partial charge in [-0.05, 0) is 19.2 Å². The molecule has 0 saturated carbocycles.